The predicted molar refractivity (Wildman–Crippen MR) is 283 cm³/mol. The third-order valence-corrected chi connectivity index (χ3v) is 19.3. The maximum atomic E-state index is 14.6. The summed E-state index contributed by atoms with van der Waals surface area (Å²) in [5, 5.41) is 0.893. The van der Waals surface area contributed by atoms with Gasteiger partial charge in [0.25, 0.3) is 0 Å². The van der Waals surface area contributed by atoms with Crippen LogP contribution >= 0.6 is 30.4 Å². The summed E-state index contributed by atoms with van der Waals surface area (Å²) in [5.41, 5.74) is 4.35. The molecule has 4 aromatic carbocycles. The maximum Gasteiger partial charge on any atom is 0.360 e. The van der Waals surface area contributed by atoms with Crippen molar-refractivity contribution in [2.75, 3.05) is 138 Å². The van der Waals surface area contributed by atoms with Gasteiger partial charge in [0, 0.05) is 105 Å². The van der Waals surface area contributed by atoms with Crippen molar-refractivity contribution < 1.29 is 92.3 Å². The van der Waals surface area contributed by atoms with E-state index in [2.05, 4.69) is 0 Å². The topological polar surface area (TPSA) is 216 Å². The second-order valence-corrected chi connectivity index (χ2v) is 25.2. The van der Waals surface area contributed by atoms with Gasteiger partial charge in [0.05, 0.1) is 47.6 Å². The van der Waals surface area contributed by atoms with Crippen LogP contribution in [0.2, 0.25) is 0 Å². The molecule has 414 valence electrons. The Morgan fingerprint density at radius 1 is 0.311 bits per heavy atom. The maximum absolute atomic E-state index is 14.6. The molecule has 0 aliphatic heterocycles. The Labute approximate surface area is 436 Å². The summed E-state index contributed by atoms with van der Waals surface area (Å²) in [4.78, 5) is 0. The molecule has 0 aliphatic carbocycles. The average Bonchev–Trinajstić information content (AvgIpc) is 3.41. The van der Waals surface area contributed by atoms with Gasteiger partial charge in [0.15, 0.2) is 0 Å². The van der Waals surface area contributed by atoms with E-state index in [9.17, 15) is 18.3 Å². The molecule has 0 unspecified atom stereocenters. The lowest BCUT2D eigenvalue weighted by Gasteiger charge is -2.25. The molecule has 0 amide bonds. The largest absolute Gasteiger partial charge is 0.491 e. The molecule has 0 fully saturated rings. The molecule has 4 rings (SSSR count). The van der Waals surface area contributed by atoms with Crippen LogP contribution in [0.4, 0.5) is 0 Å². The van der Waals surface area contributed by atoms with Crippen LogP contribution in [-0.4, -0.2) is 138 Å². The van der Waals surface area contributed by atoms with Gasteiger partial charge in [-0.1, -0.05) is 6.92 Å². The molecule has 20 nitrogen and oxygen atoms in total. The first kappa shape index (κ1) is 63.1. The third-order valence-electron chi connectivity index (χ3n) is 11.9. The zero-order valence-corrected chi connectivity index (χ0v) is 48.6. The minimum absolute atomic E-state index is 0.0357. The molecule has 24 heteroatoms. The number of rotatable bonds is 35. The Hall–Kier alpha value is -3.48. The van der Waals surface area contributed by atoms with Gasteiger partial charge in [-0.3, -0.25) is 18.3 Å². The van der Waals surface area contributed by atoms with Crippen LogP contribution in [0.15, 0.2) is 48.5 Å². The fraction of sp³-hybridized carbons (Fsp3) is 0.520. The summed E-state index contributed by atoms with van der Waals surface area (Å²) < 4.78 is 149. The summed E-state index contributed by atoms with van der Waals surface area (Å²) in [6, 6.07) is 13.4. The zero-order valence-electron chi connectivity index (χ0n) is 45.1. The lowest BCUT2D eigenvalue weighted by atomic mass is 9.93. The van der Waals surface area contributed by atoms with Gasteiger partial charge < -0.3 is 74.1 Å². The Bertz CT molecular complexity index is 2630. The quantitative estimate of drug-likeness (QED) is 0.0316. The van der Waals surface area contributed by atoms with Crippen molar-refractivity contribution in [1.82, 2.24) is 0 Å². The molecule has 0 radical (unpaired) electrons. The van der Waals surface area contributed by atoms with Crippen LogP contribution in [-0.2, 0) is 99.1 Å². The summed E-state index contributed by atoms with van der Waals surface area (Å²) >= 11 is 0. The smallest absolute Gasteiger partial charge is 0.360 e. The number of hydrogen-bond donors (Lipinski definition) is 0. The lowest BCUT2D eigenvalue weighted by molar-refractivity contribution is 0.144. The molecule has 0 N–H and O–H groups in total. The number of hydrogen-bond acceptors (Lipinski definition) is 20. The van der Waals surface area contributed by atoms with Gasteiger partial charge >= 0.3 is 30.4 Å². The van der Waals surface area contributed by atoms with Gasteiger partial charge in [0.1, 0.15) is 49.4 Å². The van der Waals surface area contributed by atoms with Crippen LogP contribution in [0.25, 0.3) is 0 Å². The predicted octanol–water partition coefficient (Wildman–Crippen LogP) is 7.88. The van der Waals surface area contributed by atoms with E-state index in [1.54, 1.807) is 77.0 Å². The van der Waals surface area contributed by atoms with E-state index in [1.165, 1.54) is 56.9 Å². The van der Waals surface area contributed by atoms with E-state index >= 15 is 0 Å². The number of aryl methyl sites for hydroxylation is 2. The van der Waals surface area contributed by atoms with Gasteiger partial charge in [-0.25, -0.2) is 0 Å². The van der Waals surface area contributed by atoms with E-state index < -0.39 is 30.4 Å². The Morgan fingerprint density at radius 2 is 0.527 bits per heavy atom. The summed E-state index contributed by atoms with van der Waals surface area (Å²) in [6.45, 7) is 5.17. The fourth-order valence-electron chi connectivity index (χ4n) is 8.15. The van der Waals surface area contributed by atoms with Crippen molar-refractivity contribution in [2.24, 2.45) is 0 Å². The second-order valence-electron chi connectivity index (χ2n) is 16.2. The van der Waals surface area contributed by atoms with Crippen molar-refractivity contribution in [2.45, 2.75) is 39.5 Å². The van der Waals surface area contributed by atoms with Crippen LogP contribution in [0, 0.1) is 6.92 Å². The van der Waals surface area contributed by atoms with Gasteiger partial charge in [0.2, 0.25) is 0 Å². The fourth-order valence-corrected chi connectivity index (χ4v) is 13.0. The Balaban J connectivity index is 2.21. The molecular weight excluding hydrogens is 1040 g/mol. The molecular formula is C50H74O20P4. The number of ether oxygens (including phenoxy) is 8. The summed E-state index contributed by atoms with van der Waals surface area (Å²) in [7, 11) is 0.881. The van der Waals surface area contributed by atoms with E-state index in [4.69, 9.17) is 74.1 Å². The molecule has 0 saturated heterocycles. The standard InChI is InChI=1S/C50H74O20P4/c1-15-36-28-44(72(52,61-9)62-10)30-38(48(36)68-21-17-56-4)26-40-32-46(74(54,65-13)66-14)34-42(50(40)70-23-19-58-6)27-41-33-45(73(53,63-11)64-12)31-39(49(41)69-22-18-57-5)25-37-29-43(71(51,59-7)60-8)24-35(2)47(37)67-20-16-55-3/h24,28-34H,15-23,25-27H2,1-14H3. The van der Waals surface area contributed by atoms with E-state index in [1.807, 2.05) is 13.8 Å². The molecule has 0 heterocycles. The zero-order chi connectivity index (χ0) is 54.7. The minimum Gasteiger partial charge on any atom is -0.491 e. The first-order chi connectivity index (χ1) is 35.4. The second kappa shape index (κ2) is 29.9. The highest BCUT2D eigenvalue weighted by Gasteiger charge is 2.34. The SMILES string of the molecule is CCc1cc(P(=O)(OC)OC)cc(Cc2cc(P(=O)(OC)OC)cc(Cc3cc(P(=O)(OC)OC)cc(Cc4cc(P(=O)(OC)OC)cc(C)c4OCCOC)c3OCCOC)c2OCCOC)c1OCCOC. The average molecular weight is 1120 g/mol. The molecule has 0 saturated carbocycles. The molecule has 0 bridgehead atoms. The van der Waals surface area contributed by atoms with E-state index in [0.29, 0.717) is 73.9 Å². The molecule has 74 heavy (non-hydrogen) atoms. The molecule has 0 aromatic heterocycles. The highest BCUT2D eigenvalue weighted by molar-refractivity contribution is 7.63. The highest BCUT2D eigenvalue weighted by Crippen LogP contribution is 2.51. The van der Waals surface area contributed by atoms with Crippen molar-refractivity contribution >= 4 is 51.6 Å². The van der Waals surface area contributed by atoms with E-state index in [-0.39, 0.29) is 93.3 Å². The van der Waals surface area contributed by atoms with Crippen molar-refractivity contribution in [3.8, 4) is 23.0 Å². The highest BCUT2D eigenvalue weighted by atomic mass is 31.2. The first-order valence-electron chi connectivity index (χ1n) is 23.4. The Morgan fingerprint density at radius 3 is 0.770 bits per heavy atom. The van der Waals surface area contributed by atoms with Crippen LogP contribution < -0.4 is 40.2 Å². The lowest BCUT2D eigenvalue weighted by Crippen LogP contribution is -2.18. The van der Waals surface area contributed by atoms with Gasteiger partial charge in [-0.05, 0) is 106 Å². The third kappa shape index (κ3) is 15.4. The normalized spacial score (nSPS) is 12.4. The van der Waals surface area contributed by atoms with Crippen molar-refractivity contribution in [3.05, 3.63) is 93.0 Å². The number of benzene rings is 4. The molecule has 0 spiro atoms. The number of methoxy groups -OCH3 is 4. The van der Waals surface area contributed by atoms with Gasteiger partial charge in [-0.15, -0.1) is 0 Å². The molecule has 0 aliphatic rings. The summed E-state index contributed by atoms with van der Waals surface area (Å²) in [5.74, 6) is 1.66. The molecule has 0 atom stereocenters. The first-order valence-corrected chi connectivity index (χ1v) is 29.6. The monoisotopic (exact) mass is 1120 g/mol. The Kier molecular flexibility index (Phi) is 25.5. The van der Waals surface area contributed by atoms with E-state index in [0.717, 1.165) is 0 Å². The van der Waals surface area contributed by atoms with Crippen LogP contribution in [0.5, 0.6) is 23.0 Å². The molecule has 4 aromatic rings. The van der Waals surface area contributed by atoms with Gasteiger partial charge in [-0.2, -0.15) is 0 Å². The van der Waals surface area contributed by atoms with Crippen molar-refractivity contribution in [1.29, 1.82) is 0 Å². The van der Waals surface area contributed by atoms with Crippen molar-refractivity contribution in [3.63, 3.8) is 0 Å². The van der Waals surface area contributed by atoms with Crippen LogP contribution in [0.3, 0.4) is 0 Å². The minimum atomic E-state index is -4.04. The summed E-state index contributed by atoms with van der Waals surface area (Å²) in [6.07, 6.45) is 0.529. The van der Waals surface area contributed by atoms with Crippen LogP contribution in [0.1, 0.15) is 51.4 Å².